The molecule has 7 nitrogen and oxygen atoms in total. The number of carbonyl (C=O) groups is 2. The predicted molar refractivity (Wildman–Crippen MR) is 73.5 cm³/mol. The Morgan fingerprint density at radius 1 is 1.33 bits per heavy atom. The third-order valence-corrected chi connectivity index (χ3v) is 2.62. The fourth-order valence-electron chi connectivity index (χ4n) is 1.68. The monoisotopic (exact) mass is 290 g/mol. The molecule has 21 heavy (non-hydrogen) atoms. The van der Waals surface area contributed by atoms with Crippen LogP contribution in [-0.2, 0) is 4.79 Å². The number of hydrogen-bond acceptors (Lipinski definition) is 5. The van der Waals surface area contributed by atoms with E-state index in [9.17, 15) is 9.59 Å². The number of aromatic nitrogens is 1. The lowest BCUT2D eigenvalue weighted by Gasteiger charge is -2.09. The zero-order valence-electron chi connectivity index (χ0n) is 11.5. The summed E-state index contributed by atoms with van der Waals surface area (Å²) in [6.07, 6.45) is 0. The van der Waals surface area contributed by atoms with E-state index in [2.05, 4.69) is 10.5 Å². The minimum absolute atomic E-state index is 0.0140. The second-order valence-electron chi connectivity index (χ2n) is 4.46. The van der Waals surface area contributed by atoms with E-state index < -0.39 is 11.9 Å². The van der Waals surface area contributed by atoms with Crippen molar-refractivity contribution in [2.24, 2.45) is 0 Å². The molecule has 0 saturated heterocycles. The molecular weight excluding hydrogens is 276 g/mol. The molecule has 1 aromatic heterocycles. The molecule has 2 rings (SSSR count). The molecule has 0 saturated carbocycles. The van der Waals surface area contributed by atoms with E-state index in [1.54, 1.807) is 26.0 Å². The molecule has 2 N–H and O–H groups in total. The van der Waals surface area contributed by atoms with E-state index >= 15 is 0 Å². The first-order chi connectivity index (χ1) is 9.95. The number of benzene rings is 1. The average molecular weight is 290 g/mol. The van der Waals surface area contributed by atoms with Crippen molar-refractivity contribution < 1.29 is 24.0 Å². The van der Waals surface area contributed by atoms with Crippen LogP contribution in [0.3, 0.4) is 0 Å². The fraction of sp³-hybridized carbons (Fsp3) is 0.214. The topological polar surface area (TPSA) is 102 Å². The normalized spacial score (nSPS) is 10.2. The third kappa shape index (κ3) is 3.82. The number of amides is 1. The van der Waals surface area contributed by atoms with Crippen LogP contribution in [0.4, 0.5) is 5.82 Å². The van der Waals surface area contributed by atoms with E-state index in [1.807, 2.05) is 0 Å². The van der Waals surface area contributed by atoms with E-state index in [-0.39, 0.29) is 23.7 Å². The number of anilines is 1. The summed E-state index contributed by atoms with van der Waals surface area (Å²) in [5, 5.41) is 15.2. The summed E-state index contributed by atoms with van der Waals surface area (Å²) in [7, 11) is 0. The molecule has 7 heteroatoms. The van der Waals surface area contributed by atoms with Gasteiger partial charge in [-0.15, -0.1) is 0 Å². The summed E-state index contributed by atoms with van der Waals surface area (Å²) in [6.45, 7) is 3.15. The molecule has 0 aliphatic rings. The standard InChI is InChI=1S/C14H14N2O5/c1-8-3-4-11(10(5-8)14(18)19)20-7-13(17)15-12-6-9(2)21-16-12/h3-6H,7H2,1-2H3,(H,18,19)(H,15,16,17). The highest BCUT2D eigenvalue weighted by Crippen LogP contribution is 2.20. The van der Waals surface area contributed by atoms with Gasteiger partial charge >= 0.3 is 5.97 Å². The minimum Gasteiger partial charge on any atom is -0.483 e. The van der Waals surface area contributed by atoms with Crippen LogP contribution in [0, 0.1) is 13.8 Å². The van der Waals surface area contributed by atoms with Crippen LogP contribution < -0.4 is 10.1 Å². The molecule has 0 atom stereocenters. The van der Waals surface area contributed by atoms with Crippen molar-refractivity contribution in [1.82, 2.24) is 5.16 Å². The second kappa shape index (κ2) is 6.08. The van der Waals surface area contributed by atoms with Crippen LogP contribution in [-0.4, -0.2) is 28.7 Å². The maximum Gasteiger partial charge on any atom is 0.339 e. The fourth-order valence-corrected chi connectivity index (χ4v) is 1.68. The highest BCUT2D eigenvalue weighted by molar-refractivity contribution is 5.92. The van der Waals surface area contributed by atoms with Crippen molar-refractivity contribution in [3.8, 4) is 5.75 Å². The van der Waals surface area contributed by atoms with Gasteiger partial charge in [0.15, 0.2) is 12.4 Å². The Labute approximate surface area is 120 Å². The third-order valence-electron chi connectivity index (χ3n) is 2.62. The molecule has 1 amide bonds. The number of ether oxygens (including phenoxy) is 1. The molecule has 0 radical (unpaired) electrons. The van der Waals surface area contributed by atoms with Crippen molar-refractivity contribution in [1.29, 1.82) is 0 Å². The van der Waals surface area contributed by atoms with Gasteiger partial charge in [0.05, 0.1) is 0 Å². The zero-order chi connectivity index (χ0) is 15.4. The van der Waals surface area contributed by atoms with Crippen molar-refractivity contribution >= 4 is 17.7 Å². The number of nitrogens with one attached hydrogen (secondary N) is 1. The van der Waals surface area contributed by atoms with Crippen LogP contribution in [0.25, 0.3) is 0 Å². The summed E-state index contributed by atoms with van der Waals surface area (Å²) in [6, 6.07) is 6.27. The average Bonchev–Trinajstić information content (AvgIpc) is 2.82. The van der Waals surface area contributed by atoms with Gasteiger partial charge in [0.2, 0.25) is 0 Å². The maximum absolute atomic E-state index is 11.7. The molecule has 1 aromatic carbocycles. The van der Waals surface area contributed by atoms with E-state index in [0.717, 1.165) is 5.56 Å². The Morgan fingerprint density at radius 2 is 2.10 bits per heavy atom. The quantitative estimate of drug-likeness (QED) is 0.873. The van der Waals surface area contributed by atoms with Crippen molar-refractivity contribution in [2.45, 2.75) is 13.8 Å². The number of aryl methyl sites for hydroxylation is 2. The molecule has 0 unspecified atom stereocenters. The van der Waals surface area contributed by atoms with Gasteiger partial charge in [0.25, 0.3) is 5.91 Å². The maximum atomic E-state index is 11.7. The summed E-state index contributed by atoms with van der Waals surface area (Å²) in [5.41, 5.74) is 0.808. The van der Waals surface area contributed by atoms with Crippen molar-refractivity contribution in [3.63, 3.8) is 0 Å². The summed E-state index contributed by atoms with van der Waals surface area (Å²) >= 11 is 0. The smallest absolute Gasteiger partial charge is 0.339 e. The van der Waals surface area contributed by atoms with Crippen molar-refractivity contribution in [2.75, 3.05) is 11.9 Å². The molecule has 1 heterocycles. The van der Waals surface area contributed by atoms with E-state index in [1.165, 1.54) is 12.1 Å². The Balaban J connectivity index is 1.99. The molecule has 0 bridgehead atoms. The minimum atomic E-state index is -1.11. The SMILES string of the molecule is Cc1ccc(OCC(=O)Nc2cc(C)on2)c(C(=O)O)c1. The molecule has 110 valence electrons. The largest absolute Gasteiger partial charge is 0.483 e. The van der Waals surface area contributed by atoms with Gasteiger partial charge < -0.3 is 19.7 Å². The van der Waals surface area contributed by atoms with Crippen LogP contribution in [0.5, 0.6) is 5.75 Å². The highest BCUT2D eigenvalue weighted by atomic mass is 16.5. The summed E-state index contributed by atoms with van der Waals surface area (Å²) in [4.78, 5) is 22.8. The van der Waals surface area contributed by atoms with Gasteiger partial charge in [0.1, 0.15) is 17.1 Å². The molecule has 2 aromatic rings. The number of carbonyl (C=O) groups excluding carboxylic acids is 1. The molecule has 0 spiro atoms. The van der Waals surface area contributed by atoms with E-state index in [4.69, 9.17) is 14.4 Å². The lowest BCUT2D eigenvalue weighted by molar-refractivity contribution is -0.118. The predicted octanol–water partition coefficient (Wildman–Crippen LogP) is 2.01. The van der Waals surface area contributed by atoms with Gasteiger partial charge in [-0.2, -0.15) is 0 Å². The Morgan fingerprint density at radius 3 is 2.71 bits per heavy atom. The number of carboxylic acids is 1. The Bertz CT molecular complexity index is 678. The van der Waals surface area contributed by atoms with Crippen LogP contribution in [0.15, 0.2) is 28.8 Å². The Hall–Kier alpha value is -2.83. The zero-order valence-corrected chi connectivity index (χ0v) is 11.5. The second-order valence-corrected chi connectivity index (χ2v) is 4.46. The number of carboxylic acid groups (broad SMARTS) is 1. The van der Waals surface area contributed by atoms with Crippen LogP contribution in [0.1, 0.15) is 21.7 Å². The summed E-state index contributed by atoms with van der Waals surface area (Å²) in [5.74, 6) is -0.581. The number of rotatable bonds is 5. The van der Waals surface area contributed by atoms with Crippen molar-refractivity contribution in [3.05, 3.63) is 41.2 Å². The van der Waals surface area contributed by atoms with Gasteiger partial charge in [-0.1, -0.05) is 16.8 Å². The number of hydrogen-bond donors (Lipinski definition) is 2. The van der Waals surface area contributed by atoms with Gasteiger partial charge in [-0.3, -0.25) is 4.79 Å². The number of aromatic carboxylic acids is 1. The van der Waals surface area contributed by atoms with Gasteiger partial charge in [0, 0.05) is 6.07 Å². The Kier molecular flexibility index (Phi) is 4.22. The molecule has 0 aliphatic heterocycles. The number of nitrogens with zero attached hydrogens (tertiary/aromatic N) is 1. The van der Waals surface area contributed by atoms with Crippen LogP contribution in [0.2, 0.25) is 0 Å². The first-order valence-corrected chi connectivity index (χ1v) is 6.15. The first kappa shape index (κ1) is 14.6. The lowest BCUT2D eigenvalue weighted by atomic mass is 10.1. The van der Waals surface area contributed by atoms with Gasteiger partial charge in [-0.05, 0) is 26.0 Å². The molecule has 0 fully saturated rings. The van der Waals surface area contributed by atoms with E-state index in [0.29, 0.717) is 5.76 Å². The highest BCUT2D eigenvalue weighted by Gasteiger charge is 2.13. The summed E-state index contributed by atoms with van der Waals surface area (Å²) < 4.78 is 10.1. The van der Waals surface area contributed by atoms with Gasteiger partial charge in [-0.25, -0.2) is 4.79 Å². The first-order valence-electron chi connectivity index (χ1n) is 6.15. The molecular formula is C14H14N2O5. The molecule has 0 aliphatic carbocycles. The lowest BCUT2D eigenvalue weighted by Crippen LogP contribution is -2.21. The van der Waals surface area contributed by atoms with Crippen LogP contribution >= 0.6 is 0 Å².